The van der Waals surface area contributed by atoms with Crippen LogP contribution in [0.5, 0.6) is 0 Å². The molecule has 0 saturated carbocycles. The Morgan fingerprint density at radius 1 is 0.680 bits per heavy atom. The normalized spacial score (nSPS) is 14.3. The van der Waals surface area contributed by atoms with Gasteiger partial charge in [0.15, 0.2) is 0 Å². The molecule has 1 saturated heterocycles. The predicted molar refractivity (Wildman–Crippen MR) is 105 cm³/mol. The number of hydrogen-bond donors (Lipinski definition) is 1. The van der Waals surface area contributed by atoms with E-state index in [4.69, 9.17) is 4.74 Å². The van der Waals surface area contributed by atoms with E-state index in [1.165, 1.54) is 16.8 Å². The first-order chi connectivity index (χ1) is 12.4. The highest BCUT2D eigenvalue weighted by Gasteiger charge is 2.11. The van der Waals surface area contributed by atoms with Crippen LogP contribution in [0.1, 0.15) is 0 Å². The van der Waals surface area contributed by atoms with Gasteiger partial charge in [-0.1, -0.05) is 48.5 Å². The molecule has 3 aromatic carbocycles. The summed E-state index contributed by atoms with van der Waals surface area (Å²) >= 11 is 0. The van der Waals surface area contributed by atoms with Crippen LogP contribution in [0.3, 0.4) is 0 Å². The second-order valence-electron chi connectivity index (χ2n) is 6.22. The fraction of sp³-hybridized carbons (Fsp3) is 0.182. The van der Waals surface area contributed by atoms with Gasteiger partial charge in [-0.25, -0.2) is 0 Å². The van der Waals surface area contributed by atoms with Crippen molar-refractivity contribution in [3.63, 3.8) is 0 Å². The van der Waals surface area contributed by atoms with Crippen molar-refractivity contribution >= 4 is 17.1 Å². The molecule has 0 amide bonds. The second-order valence-corrected chi connectivity index (χ2v) is 6.22. The number of rotatable bonds is 4. The topological polar surface area (TPSA) is 24.5 Å². The summed E-state index contributed by atoms with van der Waals surface area (Å²) in [7, 11) is 0. The largest absolute Gasteiger partial charge is 0.378 e. The maximum atomic E-state index is 5.44. The molecule has 0 bridgehead atoms. The number of nitrogens with zero attached hydrogens (tertiary/aromatic N) is 1. The zero-order valence-electron chi connectivity index (χ0n) is 14.2. The Morgan fingerprint density at radius 3 is 2.16 bits per heavy atom. The molecule has 3 heteroatoms. The molecule has 0 spiro atoms. The molecular formula is C22H22N2O. The average molecular weight is 330 g/mol. The van der Waals surface area contributed by atoms with Crippen molar-refractivity contribution in [3.05, 3.63) is 78.9 Å². The van der Waals surface area contributed by atoms with Gasteiger partial charge in [0.2, 0.25) is 0 Å². The van der Waals surface area contributed by atoms with E-state index in [2.05, 4.69) is 83.0 Å². The van der Waals surface area contributed by atoms with Crippen molar-refractivity contribution in [1.82, 2.24) is 0 Å². The minimum Gasteiger partial charge on any atom is -0.378 e. The van der Waals surface area contributed by atoms with E-state index in [9.17, 15) is 0 Å². The zero-order valence-corrected chi connectivity index (χ0v) is 14.2. The molecule has 0 radical (unpaired) electrons. The smallest absolute Gasteiger partial charge is 0.0642 e. The molecule has 25 heavy (non-hydrogen) atoms. The van der Waals surface area contributed by atoms with E-state index in [1.54, 1.807) is 0 Å². The van der Waals surface area contributed by atoms with Gasteiger partial charge >= 0.3 is 0 Å². The van der Waals surface area contributed by atoms with E-state index in [-0.39, 0.29) is 0 Å². The van der Waals surface area contributed by atoms with Crippen LogP contribution in [-0.4, -0.2) is 26.3 Å². The van der Waals surface area contributed by atoms with E-state index in [1.807, 2.05) is 6.07 Å². The maximum absolute atomic E-state index is 5.44. The Kier molecular flexibility index (Phi) is 4.66. The van der Waals surface area contributed by atoms with Crippen LogP contribution in [0.15, 0.2) is 78.9 Å². The molecule has 1 aliphatic rings. The van der Waals surface area contributed by atoms with E-state index in [0.717, 1.165) is 37.7 Å². The molecular weight excluding hydrogens is 308 g/mol. The molecule has 0 unspecified atom stereocenters. The van der Waals surface area contributed by atoms with Gasteiger partial charge in [-0.15, -0.1) is 0 Å². The highest BCUT2D eigenvalue weighted by molar-refractivity contribution is 5.69. The summed E-state index contributed by atoms with van der Waals surface area (Å²) in [6.07, 6.45) is 0. The van der Waals surface area contributed by atoms with Gasteiger partial charge in [-0.3, -0.25) is 0 Å². The lowest BCUT2D eigenvalue weighted by Gasteiger charge is -2.29. The van der Waals surface area contributed by atoms with E-state index in [0.29, 0.717) is 0 Å². The summed E-state index contributed by atoms with van der Waals surface area (Å²) in [4.78, 5) is 2.37. The summed E-state index contributed by atoms with van der Waals surface area (Å²) in [6.45, 7) is 3.52. The molecule has 1 aliphatic heterocycles. The molecule has 1 heterocycles. The number of hydrogen-bond acceptors (Lipinski definition) is 3. The van der Waals surface area contributed by atoms with Gasteiger partial charge in [0, 0.05) is 30.2 Å². The summed E-state index contributed by atoms with van der Waals surface area (Å²) in [5, 5.41) is 3.50. The van der Waals surface area contributed by atoms with Crippen LogP contribution in [0, 0.1) is 0 Å². The van der Waals surface area contributed by atoms with Crippen molar-refractivity contribution in [2.45, 2.75) is 0 Å². The monoisotopic (exact) mass is 330 g/mol. The van der Waals surface area contributed by atoms with Crippen LogP contribution < -0.4 is 10.2 Å². The van der Waals surface area contributed by atoms with Gasteiger partial charge in [0.1, 0.15) is 0 Å². The van der Waals surface area contributed by atoms with Gasteiger partial charge < -0.3 is 15.0 Å². The van der Waals surface area contributed by atoms with E-state index < -0.39 is 0 Å². The SMILES string of the molecule is c1ccc(-c2ccc(Nc3cccc(N4CCOCC4)c3)cc2)cc1. The van der Waals surface area contributed by atoms with Crippen molar-refractivity contribution in [1.29, 1.82) is 0 Å². The van der Waals surface area contributed by atoms with Crippen LogP contribution in [-0.2, 0) is 4.74 Å². The Bertz CT molecular complexity index is 809. The third-order valence-corrected chi connectivity index (χ3v) is 4.50. The molecule has 0 atom stereocenters. The summed E-state index contributed by atoms with van der Waals surface area (Å²) in [5.41, 5.74) is 5.92. The third kappa shape index (κ3) is 3.83. The fourth-order valence-electron chi connectivity index (χ4n) is 3.15. The molecule has 1 fully saturated rings. The van der Waals surface area contributed by atoms with Crippen LogP contribution in [0.4, 0.5) is 17.1 Å². The quantitative estimate of drug-likeness (QED) is 0.734. The standard InChI is InChI=1S/C22H22N2O/c1-2-5-18(6-3-1)19-9-11-20(12-10-19)23-21-7-4-8-22(17-21)24-13-15-25-16-14-24/h1-12,17,23H,13-16H2. The van der Waals surface area contributed by atoms with Gasteiger partial charge in [0.25, 0.3) is 0 Å². The van der Waals surface area contributed by atoms with Crippen molar-refractivity contribution in [2.75, 3.05) is 36.5 Å². The maximum Gasteiger partial charge on any atom is 0.0642 e. The Hall–Kier alpha value is -2.78. The minimum atomic E-state index is 0.804. The molecule has 1 N–H and O–H groups in total. The lowest BCUT2D eigenvalue weighted by atomic mass is 10.1. The predicted octanol–water partition coefficient (Wildman–Crippen LogP) is 4.93. The van der Waals surface area contributed by atoms with Crippen molar-refractivity contribution < 1.29 is 4.74 Å². The minimum absolute atomic E-state index is 0.804. The Labute approximate surface area is 148 Å². The molecule has 4 rings (SSSR count). The number of nitrogens with one attached hydrogen (secondary N) is 1. The third-order valence-electron chi connectivity index (χ3n) is 4.50. The van der Waals surface area contributed by atoms with Crippen LogP contribution in [0.25, 0.3) is 11.1 Å². The zero-order chi connectivity index (χ0) is 16.9. The molecule has 0 aliphatic carbocycles. The highest BCUT2D eigenvalue weighted by atomic mass is 16.5. The highest BCUT2D eigenvalue weighted by Crippen LogP contribution is 2.25. The molecule has 3 nitrogen and oxygen atoms in total. The van der Waals surface area contributed by atoms with Crippen LogP contribution >= 0.6 is 0 Å². The summed E-state index contributed by atoms with van der Waals surface area (Å²) in [5.74, 6) is 0. The Balaban J connectivity index is 1.48. The molecule has 0 aromatic heterocycles. The summed E-state index contributed by atoms with van der Waals surface area (Å²) < 4.78 is 5.44. The number of morpholine rings is 1. The fourth-order valence-corrected chi connectivity index (χ4v) is 3.15. The number of benzene rings is 3. The van der Waals surface area contributed by atoms with Crippen LogP contribution in [0.2, 0.25) is 0 Å². The molecule has 126 valence electrons. The van der Waals surface area contributed by atoms with Gasteiger partial charge in [-0.2, -0.15) is 0 Å². The van der Waals surface area contributed by atoms with Gasteiger partial charge in [0.05, 0.1) is 13.2 Å². The lowest BCUT2D eigenvalue weighted by Crippen LogP contribution is -2.36. The average Bonchev–Trinajstić information content (AvgIpc) is 2.70. The van der Waals surface area contributed by atoms with Crippen molar-refractivity contribution in [2.24, 2.45) is 0 Å². The second kappa shape index (κ2) is 7.41. The lowest BCUT2D eigenvalue weighted by molar-refractivity contribution is 0.122. The van der Waals surface area contributed by atoms with Gasteiger partial charge in [-0.05, 0) is 41.5 Å². The first kappa shape index (κ1) is 15.7. The first-order valence-electron chi connectivity index (χ1n) is 8.74. The van der Waals surface area contributed by atoms with Crippen molar-refractivity contribution in [3.8, 4) is 11.1 Å². The number of ether oxygens (including phenoxy) is 1. The first-order valence-corrected chi connectivity index (χ1v) is 8.74. The Morgan fingerprint density at radius 2 is 1.40 bits per heavy atom. The number of anilines is 3. The van der Waals surface area contributed by atoms with E-state index >= 15 is 0 Å². The summed E-state index contributed by atoms with van der Waals surface area (Å²) in [6, 6.07) is 27.6. The molecule has 3 aromatic rings.